The molecule has 5 nitrogen and oxygen atoms in total. The van der Waals surface area contributed by atoms with Crippen LogP contribution in [0, 0.1) is 24.0 Å². The number of aryl methyl sites for hydroxylation is 2. The summed E-state index contributed by atoms with van der Waals surface area (Å²) in [7, 11) is 1.71. The lowest BCUT2D eigenvalue weighted by Crippen LogP contribution is -2.29. The number of non-ortho nitro benzene ring substituents is 1. The van der Waals surface area contributed by atoms with E-state index in [2.05, 4.69) is 0 Å². The number of carbonyl (C=O) groups is 1. The van der Waals surface area contributed by atoms with Gasteiger partial charge in [0.15, 0.2) is 0 Å². The monoisotopic (exact) mass is 312 g/mol. The van der Waals surface area contributed by atoms with E-state index < -0.39 is 4.92 Å². The van der Waals surface area contributed by atoms with Crippen LogP contribution < -0.4 is 0 Å². The molecule has 0 N–H and O–H groups in total. The minimum absolute atomic E-state index is 0.0291. The van der Waals surface area contributed by atoms with Gasteiger partial charge in [0.05, 0.1) is 11.0 Å². The molecule has 0 aromatic heterocycles. The van der Waals surface area contributed by atoms with Crippen LogP contribution in [0.15, 0.2) is 42.5 Å². The number of benzene rings is 2. The van der Waals surface area contributed by atoms with Crippen molar-refractivity contribution >= 4 is 11.6 Å². The van der Waals surface area contributed by atoms with Gasteiger partial charge in [-0.05, 0) is 49.6 Å². The zero-order chi connectivity index (χ0) is 17.1. The summed E-state index contributed by atoms with van der Waals surface area (Å²) in [5.41, 5.74) is 3.58. The molecule has 0 radical (unpaired) electrons. The van der Waals surface area contributed by atoms with Crippen LogP contribution in [0.2, 0.25) is 0 Å². The molecule has 0 spiro atoms. The molecule has 2 aromatic rings. The Morgan fingerprint density at radius 3 is 2.43 bits per heavy atom. The van der Waals surface area contributed by atoms with Crippen LogP contribution in [0.1, 0.15) is 40.0 Å². The normalized spacial score (nSPS) is 11.8. The zero-order valence-corrected chi connectivity index (χ0v) is 13.7. The molecule has 23 heavy (non-hydrogen) atoms. The Labute approximate surface area is 135 Å². The molecule has 0 bridgehead atoms. The first-order valence-electron chi connectivity index (χ1n) is 7.40. The van der Waals surface area contributed by atoms with Gasteiger partial charge in [0.1, 0.15) is 0 Å². The van der Waals surface area contributed by atoms with Crippen molar-refractivity contribution in [3.8, 4) is 0 Å². The SMILES string of the molecule is Cc1ccc(C(=O)N(C)[C@@H](C)c2cccc([N+](=O)[O-])c2)cc1C. The van der Waals surface area contributed by atoms with E-state index in [1.165, 1.54) is 12.1 Å². The summed E-state index contributed by atoms with van der Waals surface area (Å²) in [6, 6.07) is 11.7. The molecule has 0 aliphatic heterocycles. The molecule has 2 rings (SSSR count). The molecule has 2 aromatic carbocycles. The van der Waals surface area contributed by atoms with Gasteiger partial charge in [-0.2, -0.15) is 0 Å². The van der Waals surface area contributed by atoms with Crippen LogP contribution in [0.3, 0.4) is 0 Å². The Morgan fingerprint density at radius 2 is 1.83 bits per heavy atom. The molecule has 0 aliphatic carbocycles. The second-order valence-corrected chi connectivity index (χ2v) is 5.74. The molecule has 1 amide bonds. The lowest BCUT2D eigenvalue weighted by molar-refractivity contribution is -0.384. The predicted molar refractivity (Wildman–Crippen MR) is 89.5 cm³/mol. The van der Waals surface area contributed by atoms with Gasteiger partial charge in [0, 0.05) is 24.7 Å². The fourth-order valence-electron chi connectivity index (χ4n) is 2.38. The van der Waals surface area contributed by atoms with Crippen molar-refractivity contribution in [1.29, 1.82) is 0 Å². The third-order valence-electron chi connectivity index (χ3n) is 4.22. The van der Waals surface area contributed by atoms with Gasteiger partial charge in [-0.1, -0.05) is 18.2 Å². The van der Waals surface area contributed by atoms with Gasteiger partial charge in [-0.25, -0.2) is 0 Å². The third kappa shape index (κ3) is 3.56. The Hall–Kier alpha value is -2.69. The quantitative estimate of drug-likeness (QED) is 0.632. The zero-order valence-electron chi connectivity index (χ0n) is 13.7. The van der Waals surface area contributed by atoms with E-state index in [9.17, 15) is 14.9 Å². The highest BCUT2D eigenvalue weighted by atomic mass is 16.6. The molecule has 5 heteroatoms. The summed E-state index contributed by atoms with van der Waals surface area (Å²) in [6.45, 7) is 5.83. The third-order valence-corrected chi connectivity index (χ3v) is 4.22. The number of hydrogen-bond acceptors (Lipinski definition) is 3. The van der Waals surface area contributed by atoms with Crippen LogP contribution in [-0.4, -0.2) is 22.8 Å². The Bertz CT molecular complexity index is 756. The highest BCUT2D eigenvalue weighted by Gasteiger charge is 2.20. The van der Waals surface area contributed by atoms with E-state index in [1.807, 2.05) is 32.9 Å². The summed E-state index contributed by atoms with van der Waals surface area (Å²) >= 11 is 0. The lowest BCUT2D eigenvalue weighted by Gasteiger charge is -2.25. The molecular weight excluding hydrogens is 292 g/mol. The van der Waals surface area contributed by atoms with Crippen molar-refractivity contribution < 1.29 is 9.72 Å². The summed E-state index contributed by atoms with van der Waals surface area (Å²) < 4.78 is 0. The second kappa shape index (κ2) is 6.60. The maximum absolute atomic E-state index is 12.6. The van der Waals surface area contributed by atoms with E-state index in [1.54, 1.807) is 30.1 Å². The van der Waals surface area contributed by atoms with Gasteiger partial charge < -0.3 is 4.90 Å². The van der Waals surface area contributed by atoms with Crippen LogP contribution in [0.25, 0.3) is 0 Å². The lowest BCUT2D eigenvalue weighted by atomic mass is 10.0. The van der Waals surface area contributed by atoms with E-state index in [0.29, 0.717) is 5.56 Å². The van der Waals surface area contributed by atoms with E-state index >= 15 is 0 Å². The van der Waals surface area contributed by atoms with Gasteiger partial charge in [-0.3, -0.25) is 14.9 Å². The maximum atomic E-state index is 12.6. The summed E-state index contributed by atoms with van der Waals surface area (Å²) in [4.78, 5) is 24.7. The molecule has 0 unspecified atom stereocenters. The van der Waals surface area contributed by atoms with Crippen molar-refractivity contribution in [2.75, 3.05) is 7.05 Å². The van der Waals surface area contributed by atoms with Gasteiger partial charge in [0.2, 0.25) is 0 Å². The number of nitro benzene ring substituents is 1. The molecule has 0 saturated heterocycles. The largest absolute Gasteiger partial charge is 0.335 e. The number of rotatable bonds is 4. The average Bonchev–Trinajstić information content (AvgIpc) is 2.55. The number of nitro groups is 1. The van der Waals surface area contributed by atoms with Crippen LogP contribution in [0.4, 0.5) is 5.69 Å². The van der Waals surface area contributed by atoms with Crippen LogP contribution in [0.5, 0.6) is 0 Å². The molecule has 1 atom stereocenters. The summed E-state index contributed by atoms with van der Waals surface area (Å²) in [5.74, 6) is -0.105. The number of hydrogen-bond donors (Lipinski definition) is 0. The Morgan fingerprint density at radius 1 is 1.13 bits per heavy atom. The van der Waals surface area contributed by atoms with Crippen molar-refractivity contribution in [2.24, 2.45) is 0 Å². The maximum Gasteiger partial charge on any atom is 0.269 e. The van der Waals surface area contributed by atoms with E-state index in [4.69, 9.17) is 0 Å². The number of carbonyl (C=O) groups excluding carboxylic acids is 1. The average molecular weight is 312 g/mol. The van der Waals surface area contributed by atoms with Crippen molar-refractivity contribution in [3.63, 3.8) is 0 Å². The standard InChI is InChI=1S/C18H20N2O3/c1-12-8-9-16(10-13(12)2)18(21)19(4)14(3)15-6-5-7-17(11-15)20(22)23/h5-11,14H,1-4H3/t14-/m0/s1. The second-order valence-electron chi connectivity index (χ2n) is 5.74. The first-order valence-corrected chi connectivity index (χ1v) is 7.40. The van der Waals surface area contributed by atoms with Crippen molar-refractivity contribution in [1.82, 2.24) is 4.90 Å². The van der Waals surface area contributed by atoms with Gasteiger partial charge in [0.25, 0.3) is 11.6 Å². The Kier molecular flexibility index (Phi) is 4.79. The van der Waals surface area contributed by atoms with Crippen molar-refractivity contribution in [2.45, 2.75) is 26.8 Å². The minimum atomic E-state index is -0.429. The van der Waals surface area contributed by atoms with Gasteiger partial charge in [-0.15, -0.1) is 0 Å². The molecule has 0 aliphatic rings. The number of nitrogens with zero attached hydrogens (tertiary/aromatic N) is 2. The first-order chi connectivity index (χ1) is 10.8. The van der Waals surface area contributed by atoms with E-state index in [0.717, 1.165) is 16.7 Å². The number of amides is 1. The topological polar surface area (TPSA) is 63.5 Å². The Balaban J connectivity index is 2.26. The fraction of sp³-hybridized carbons (Fsp3) is 0.278. The van der Waals surface area contributed by atoms with Crippen LogP contribution in [-0.2, 0) is 0 Å². The highest BCUT2D eigenvalue weighted by Crippen LogP contribution is 2.24. The van der Waals surface area contributed by atoms with Crippen LogP contribution >= 0.6 is 0 Å². The smallest absolute Gasteiger partial charge is 0.269 e. The molecular formula is C18H20N2O3. The summed E-state index contributed by atoms with van der Waals surface area (Å²) in [5, 5.41) is 10.9. The predicted octanol–water partition coefficient (Wildman–Crippen LogP) is 4.04. The highest BCUT2D eigenvalue weighted by molar-refractivity contribution is 5.94. The molecule has 0 heterocycles. The fourth-order valence-corrected chi connectivity index (χ4v) is 2.38. The van der Waals surface area contributed by atoms with Gasteiger partial charge >= 0.3 is 0 Å². The van der Waals surface area contributed by atoms with Crippen molar-refractivity contribution in [3.05, 3.63) is 74.8 Å². The minimum Gasteiger partial charge on any atom is -0.335 e. The first kappa shape index (κ1) is 16.7. The molecule has 0 saturated carbocycles. The molecule has 120 valence electrons. The molecule has 0 fully saturated rings. The van der Waals surface area contributed by atoms with E-state index in [-0.39, 0.29) is 17.6 Å². The summed E-state index contributed by atoms with van der Waals surface area (Å²) in [6.07, 6.45) is 0.